The highest BCUT2D eigenvalue weighted by Crippen LogP contribution is 2.47. The molecule has 2 unspecified atom stereocenters. The van der Waals surface area contributed by atoms with Gasteiger partial charge in [-0.3, -0.25) is 10.1 Å². The number of hydrogen-bond acceptors (Lipinski definition) is 5. The molecule has 0 aliphatic carbocycles. The minimum Gasteiger partial charge on any atom is -0.357 e. The van der Waals surface area contributed by atoms with Crippen molar-refractivity contribution in [2.24, 2.45) is 5.18 Å². The van der Waals surface area contributed by atoms with Gasteiger partial charge >= 0.3 is 0 Å². The average Bonchev–Trinajstić information content (AvgIpc) is 3.19. The summed E-state index contributed by atoms with van der Waals surface area (Å²) in [6, 6.07) is 20.1. The van der Waals surface area contributed by atoms with Gasteiger partial charge in [-0.2, -0.15) is 0 Å². The summed E-state index contributed by atoms with van der Waals surface area (Å²) in [4.78, 5) is 23.5. The van der Waals surface area contributed by atoms with Crippen molar-refractivity contribution in [2.75, 3.05) is 4.90 Å². The first-order valence-electron chi connectivity index (χ1n) is 9.28. The summed E-state index contributed by atoms with van der Waals surface area (Å²) >= 11 is 0. The standard InChI is InChI=1S/C22H18FN3O3/c23-17-5-11-19(12-6-17)25-21(15-1-7-18(24-27)8-2-15)13-14-22(25)16-3-9-20(10-4-16)26(28)29/h1-12,21-22H,13-14H2. The molecule has 146 valence electrons. The van der Waals surface area contributed by atoms with Crippen LogP contribution in [0.25, 0.3) is 0 Å². The van der Waals surface area contributed by atoms with Crippen molar-refractivity contribution < 1.29 is 9.31 Å². The molecule has 0 saturated carbocycles. The molecule has 7 heteroatoms. The molecule has 0 N–H and O–H groups in total. The minimum absolute atomic E-state index is 0.00450. The summed E-state index contributed by atoms with van der Waals surface area (Å²) < 4.78 is 13.5. The van der Waals surface area contributed by atoms with Crippen LogP contribution in [0.1, 0.15) is 36.1 Å². The number of rotatable bonds is 5. The summed E-state index contributed by atoms with van der Waals surface area (Å²) in [5.41, 5.74) is 3.29. The Bertz CT molecular complexity index is 1020. The van der Waals surface area contributed by atoms with Gasteiger partial charge in [0.15, 0.2) is 0 Å². The van der Waals surface area contributed by atoms with E-state index in [2.05, 4.69) is 10.1 Å². The van der Waals surface area contributed by atoms with Gasteiger partial charge in [-0.05, 0) is 65.5 Å². The van der Waals surface area contributed by atoms with Crippen molar-refractivity contribution in [1.29, 1.82) is 0 Å². The molecule has 3 aromatic rings. The van der Waals surface area contributed by atoms with Gasteiger partial charge in [0, 0.05) is 17.8 Å². The van der Waals surface area contributed by atoms with Crippen LogP contribution in [-0.4, -0.2) is 4.92 Å². The Kier molecular flexibility index (Phi) is 5.03. The Balaban J connectivity index is 1.73. The van der Waals surface area contributed by atoms with Gasteiger partial charge < -0.3 is 4.90 Å². The van der Waals surface area contributed by atoms with Crippen LogP contribution in [0.3, 0.4) is 0 Å². The van der Waals surface area contributed by atoms with Gasteiger partial charge in [0.05, 0.1) is 17.0 Å². The normalized spacial score (nSPS) is 18.6. The molecule has 0 aromatic heterocycles. The second-order valence-electron chi connectivity index (χ2n) is 7.02. The molecule has 1 aliphatic rings. The first-order valence-corrected chi connectivity index (χ1v) is 9.28. The Morgan fingerprint density at radius 3 is 1.86 bits per heavy atom. The van der Waals surface area contributed by atoms with Crippen molar-refractivity contribution in [2.45, 2.75) is 24.9 Å². The van der Waals surface area contributed by atoms with Crippen molar-refractivity contribution in [3.05, 3.63) is 105 Å². The first-order chi connectivity index (χ1) is 14.1. The zero-order valence-corrected chi connectivity index (χ0v) is 15.4. The molecule has 0 bridgehead atoms. The van der Waals surface area contributed by atoms with Crippen LogP contribution < -0.4 is 4.90 Å². The molecule has 1 heterocycles. The summed E-state index contributed by atoms with van der Waals surface area (Å²) in [5.74, 6) is -0.308. The van der Waals surface area contributed by atoms with Crippen LogP contribution in [-0.2, 0) is 0 Å². The summed E-state index contributed by atoms with van der Waals surface area (Å²) in [6.07, 6.45) is 1.69. The number of nitroso groups, excluding NO2 is 1. The van der Waals surface area contributed by atoms with Crippen LogP contribution in [0.4, 0.5) is 21.5 Å². The lowest BCUT2D eigenvalue weighted by molar-refractivity contribution is -0.384. The van der Waals surface area contributed by atoms with E-state index in [0.717, 1.165) is 29.7 Å². The summed E-state index contributed by atoms with van der Waals surface area (Å²) in [6.45, 7) is 0. The van der Waals surface area contributed by atoms with E-state index >= 15 is 0 Å². The van der Waals surface area contributed by atoms with E-state index < -0.39 is 4.92 Å². The van der Waals surface area contributed by atoms with Crippen LogP contribution >= 0.6 is 0 Å². The molecule has 1 aliphatic heterocycles. The summed E-state index contributed by atoms with van der Waals surface area (Å²) in [7, 11) is 0. The maximum atomic E-state index is 13.5. The highest BCUT2D eigenvalue weighted by Gasteiger charge is 2.35. The number of nitrogens with zero attached hydrogens (tertiary/aromatic N) is 3. The van der Waals surface area contributed by atoms with E-state index in [1.807, 2.05) is 12.1 Å². The third-order valence-corrected chi connectivity index (χ3v) is 5.38. The molecule has 2 atom stereocenters. The number of halogens is 1. The average molecular weight is 391 g/mol. The fraction of sp³-hybridized carbons (Fsp3) is 0.182. The van der Waals surface area contributed by atoms with E-state index in [1.54, 1.807) is 36.4 Å². The smallest absolute Gasteiger partial charge is 0.269 e. The molecule has 6 nitrogen and oxygen atoms in total. The fourth-order valence-electron chi connectivity index (χ4n) is 4.01. The van der Waals surface area contributed by atoms with Crippen LogP contribution in [0.15, 0.2) is 78.0 Å². The SMILES string of the molecule is O=Nc1ccc(C2CCC(c3ccc([N+](=O)[O-])cc3)N2c2ccc(F)cc2)cc1. The lowest BCUT2D eigenvalue weighted by Crippen LogP contribution is -2.26. The van der Waals surface area contributed by atoms with Gasteiger partial charge in [0.25, 0.3) is 5.69 Å². The third-order valence-electron chi connectivity index (χ3n) is 5.38. The van der Waals surface area contributed by atoms with Gasteiger partial charge in [-0.15, -0.1) is 4.91 Å². The number of benzene rings is 3. The Hall–Kier alpha value is -3.61. The lowest BCUT2D eigenvalue weighted by Gasteiger charge is -2.33. The van der Waals surface area contributed by atoms with E-state index in [0.29, 0.717) is 5.69 Å². The van der Waals surface area contributed by atoms with E-state index in [4.69, 9.17) is 0 Å². The minimum atomic E-state index is -0.415. The Morgan fingerprint density at radius 2 is 1.38 bits per heavy atom. The Morgan fingerprint density at radius 1 is 0.862 bits per heavy atom. The molecule has 0 amide bonds. The second-order valence-corrected chi connectivity index (χ2v) is 7.02. The largest absolute Gasteiger partial charge is 0.357 e. The molecule has 0 spiro atoms. The quantitative estimate of drug-likeness (QED) is 0.294. The zero-order valence-electron chi connectivity index (χ0n) is 15.4. The zero-order chi connectivity index (χ0) is 20.4. The van der Waals surface area contributed by atoms with Crippen molar-refractivity contribution in [1.82, 2.24) is 0 Å². The molecule has 0 radical (unpaired) electrons. The van der Waals surface area contributed by atoms with Crippen LogP contribution in [0.2, 0.25) is 0 Å². The topological polar surface area (TPSA) is 75.8 Å². The predicted octanol–water partition coefficient (Wildman–Crippen LogP) is 6.21. The Labute approximate surface area is 166 Å². The summed E-state index contributed by atoms with van der Waals surface area (Å²) in [5, 5.41) is 13.9. The van der Waals surface area contributed by atoms with E-state index in [-0.39, 0.29) is 23.6 Å². The highest BCUT2D eigenvalue weighted by atomic mass is 19.1. The fourth-order valence-corrected chi connectivity index (χ4v) is 4.01. The van der Waals surface area contributed by atoms with Crippen molar-refractivity contribution in [3.8, 4) is 0 Å². The second kappa shape index (κ2) is 7.79. The monoisotopic (exact) mass is 391 g/mol. The molecule has 3 aromatic carbocycles. The van der Waals surface area contributed by atoms with Gasteiger partial charge in [0.2, 0.25) is 0 Å². The molecular weight excluding hydrogens is 373 g/mol. The molecule has 29 heavy (non-hydrogen) atoms. The molecule has 1 saturated heterocycles. The number of anilines is 1. The number of hydrogen-bond donors (Lipinski definition) is 0. The van der Waals surface area contributed by atoms with E-state index in [9.17, 15) is 19.4 Å². The van der Waals surface area contributed by atoms with Gasteiger partial charge in [0.1, 0.15) is 11.5 Å². The van der Waals surface area contributed by atoms with Gasteiger partial charge in [-0.1, -0.05) is 24.3 Å². The maximum absolute atomic E-state index is 13.5. The molecule has 1 fully saturated rings. The predicted molar refractivity (Wildman–Crippen MR) is 109 cm³/mol. The third kappa shape index (κ3) is 3.71. The molecular formula is C22H18FN3O3. The van der Waals surface area contributed by atoms with Crippen LogP contribution in [0.5, 0.6) is 0 Å². The lowest BCUT2D eigenvalue weighted by atomic mass is 10.0. The maximum Gasteiger partial charge on any atom is 0.269 e. The molecule has 4 rings (SSSR count). The van der Waals surface area contributed by atoms with Gasteiger partial charge in [-0.25, -0.2) is 4.39 Å². The van der Waals surface area contributed by atoms with Crippen molar-refractivity contribution in [3.63, 3.8) is 0 Å². The first kappa shape index (κ1) is 18.7. The number of nitro groups is 1. The van der Waals surface area contributed by atoms with E-state index in [1.165, 1.54) is 24.3 Å². The van der Waals surface area contributed by atoms with Crippen LogP contribution in [0, 0.1) is 20.8 Å². The van der Waals surface area contributed by atoms with Crippen molar-refractivity contribution >= 4 is 17.1 Å². The number of nitro benzene ring substituents is 1. The number of non-ortho nitro benzene ring substituents is 1. The highest BCUT2D eigenvalue weighted by molar-refractivity contribution is 5.54.